The number of rotatable bonds is 11. The first-order valence-corrected chi connectivity index (χ1v) is 15.4. The van der Waals surface area contributed by atoms with Gasteiger partial charge in [0.05, 0.1) is 5.56 Å². The van der Waals surface area contributed by atoms with Crippen molar-refractivity contribution in [2.45, 2.75) is 32.1 Å². The molecule has 0 bridgehead atoms. The van der Waals surface area contributed by atoms with Gasteiger partial charge < -0.3 is 25.2 Å². The van der Waals surface area contributed by atoms with E-state index in [-0.39, 0.29) is 24.3 Å². The van der Waals surface area contributed by atoms with Gasteiger partial charge in [-0.1, -0.05) is 54.6 Å². The fraction of sp³-hybridized carbons (Fsp3) is 0.243. The Bertz CT molecular complexity index is 1650. The molecule has 1 N–H and O–H groups in total. The predicted molar refractivity (Wildman–Crippen MR) is 174 cm³/mol. The van der Waals surface area contributed by atoms with E-state index in [0.29, 0.717) is 55.9 Å². The molecule has 0 atom stereocenters. The fourth-order valence-electron chi connectivity index (χ4n) is 5.33. The lowest BCUT2D eigenvalue weighted by molar-refractivity contribution is -0.137. The van der Waals surface area contributed by atoms with Crippen LogP contribution in [0.5, 0.6) is 11.5 Å². The van der Waals surface area contributed by atoms with Crippen LogP contribution in [0, 0.1) is 11.1 Å². The standard InChI is InChI=1S/C37H35F3N3O4/c38-37(39,40)32-6-4-5-27(23-32)13-18-35(44)42-21-19-30(20-22-42)26-43(46)25-29-9-14-31(15-10-29)36(45)41-24-28-11-16-34(17-12-28)47-33-7-2-1-3-8-33/h1-18,23,30H,19-22,24-26H2,(H,41,45)/q-1/b18-13+. The van der Waals surface area contributed by atoms with E-state index in [2.05, 4.69) is 5.32 Å². The molecule has 0 spiro atoms. The number of nitrogens with zero attached hydrogens (tertiary/aromatic N) is 2. The molecule has 0 radical (unpaired) electrons. The van der Waals surface area contributed by atoms with Crippen LogP contribution in [0.15, 0.2) is 109 Å². The molecule has 0 unspecified atom stereocenters. The van der Waals surface area contributed by atoms with Crippen molar-refractivity contribution in [2.75, 3.05) is 19.6 Å². The molecular formula is C37H35F3N3O4-. The number of carbonyl (C=O) groups is 2. The van der Waals surface area contributed by atoms with E-state index in [0.717, 1.165) is 34.1 Å². The van der Waals surface area contributed by atoms with Crippen molar-refractivity contribution in [1.82, 2.24) is 15.3 Å². The molecule has 4 aromatic rings. The molecule has 0 saturated carbocycles. The van der Waals surface area contributed by atoms with E-state index in [1.165, 1.54) is 24.3 Å². The third-order valence-electron chi connectivity index (χ3n) is 7.95. The topological polar surface area (TPSA) is 84.9 Å². The van der Waals surface area contributed by atoms with Crippen LogP contribution in [-0.2, 0) is 24.1 Å². The van der Waals surface area contributed by atoms with Crippen molar-refractivity contribution in [1.29, 1.82) is 0 Å². The van der Waals surface area contributed by atoms with E-state index in [1.807, 2.05) is 54.6 Å². The molecule has 0 aliphatic carbocycles. The van der Waals surface area contributed by atoms with Gasteiger partial charge in [-0.15, -0.1) is 0 Å². The number of alkyl halides is 3. The number of piperidine rings is 1. The van der Waals surface area contributed by atoms with Crippen molar-refractivity contribution in [2.24, 2.45) is 5.92 Å². The summed E-state index contributed by atoms with van der Waals surface area (Å²) in [6, 6.07) is 28.7. The van der Waals surface area contributed by atoms with Gasteiger partial charge >= 0.3 is 6.18 Å². The van der Waals surface area contributed by atoms with Crippen molar-refractivity contribution in [3.05, 3.63) is 142 Å². The number of amides is 2. The van der Waals surface area contributed by atoms with Gasteiger partial charge in [-0.05, 0) is 96.6 Å². The number of para-hydroxylation sites is 1. The molecule has 5 rings (SSSR count). The van der Waals surface area contributed by atoms with Gasteiger partial charge in [-0.2, -0.15) is 13.2 Å². The highest BCUT2D eigenvalue weighted by Crippen LogP contribution is 2.30. The highest BCUT2D eigenvalue weighted by Gasteiger charge is 2.30. The van der Waals surface area contributed by atoms with Gasteiger partial charge in [0, 0.05) is 37.8 Å². The van der Waals surface area contributed by atoms with Gasteiger partial charge in [0.15, 0.2) is 0 Å². The molecule has 2 amide bonds. The molecule has 244 valence electrons. The first-order valence-electron chi connectivity index (χ1n) is 15.4. The Kier molecular flexibility index (Phi) is 11.1. The zero-order valence-electron chi connectivity index (χ0n) is 25.7. The quantitative estimate of drug-likeness (QED) is 0.134. The second-order valence-electron chi connectivity index (χ2n) is 11.5. The molecule has 1 saturated heterocycles. The predicted octanol–water partition coefficient (Wildman–Crippen LogP) is 7.68. The van der Waals surface area contributed by atoms with Gasteiger partial charge in [0.25, 0.3) is 5.91 Å². The lowest BCUT2D eigenvalue weighted by atomic mass is 9.96. The number of likely N-dealkylation sites (tertiary alicyclic amines) is 1. The smallest absolute Gasteiger partial charge is 0.416 e. The number of carbonyl (C=O) groups excluding carboxylic acids is 2. The summed E-state index contributed by atoms with van der Waals surface area (Å²) in [7, 11) is 0. The maximum Gasteiger partial charge on any atom is 0.416 e. The van der Waals surface area contributed by atoms with Crippen LogP contribution in [0.3, 0.4) is 0 Å². The summed E-state index contributed by atoms with van der Waals surface area (Å²) in [6.07, 6.45) is -0.452. The molecule has 7 nitrogen and oxygen atoms in total. The van der Waals surface area contributed by atoms with Crippen LogP contribution in [-0.4, -0.2) is 41.4 Å². The zero-order valence-corrected chi connectivity index (χ0v) is 25.7. The van der Waals surface area contributed by atoms with Crippen molar-refractivity contribution in [3.8, 4) is 11.5 Å². The number of hydrogen-bond donors (Lipinski definition) is 1. The first-order chi connectivity index (χ1) is 22.6. The Morgan fingerprint density at radius 3 is 2.21 bits per heavy atom. The van der Waals surface area contributed by atoms with Crippen molar-refractivity contribution < 1.29 is 27.5 Å². The molecule has 0 aromatic heterocycles. The second kappa shape index (κ2) is 15.6. The Labute approximate surface area is 271 Å². The van der Waals surface area contributed by atoms with E-state index >= 15 is 0 Å². The molecular weight excluding hydrogens is 607 g/mol. The van der Waals surface area contributed by atoms with Gasteiger partial charge in [-0.3, -0.25) is 9.59 Å². The van der Waals surface area contributed by atoms with Gasteiger partial charge in [0.2, 0.25) is 5.91 Å². The normalized spacial score (nSPS) is 14.0. The van der Waals surface area contributed by atoms with Crippen LogP contribution in [0.4, 0.5) is 13.2 Å². The lowest BCUT2D eigenvalue weighted by Gasteiger charge is -2.37. The fourth-order valence-corrected chi connectivity index (χ4v) is 5.33. The Morgan fingerprint density at radius 1 is 0.872 bits per heavy atom. The number of nitrogens with one attached hydrogen (secondary N) is 1. The summed E-state index contributed by atoms with van der Waals surface area (Å²) in [5.74, 6) is 1.09. The molecule has 47 heavy (non-hydrogen) atoms. The number of benzene rings is 4. The molecule has 1 fully saturated rings. The Morgan fingerprint density at radius 2 is 1.53 bits per heavy atom. The van der Waals surface area contributed by atoms with Crippen LogP contribution >= 0.6 is 0 Å². The van der Waals surface area contributed by atoms with E-state index in [4.69, 9.17) is 4.74 Å². The largest absolute Gasteiger partial charge is 0.785 e. The Hall–Kier alpha value is -4.93. The van der Waals surface area contributed by atoms with E-state index in [1.54, 1.807) is 29.2 Å². The van der Waals surface area contributed by atoms with Crippen LogP contribution in [0.25, 0.3) is 6.08 Å². The van der Waals surface area contributed by atoms with Crippen molar-refractivity contribution >= 4 is 17.9 Å². The summed E-state index contributed by atoms with van der Waals surface area (Å²) in [5.41, 5.74) is 1.75. The van der Waals surface area contributed by atoms with Crippen LogP contribution in [0.1, 0.15) is 45.5 Å². The van der Waals surface area contributed by atoms with Crippen LogP contribution in [0.2, 0.25) is 0 Å². The monoisotopic (exact) mass is 642 g/mol. The third kappa shape index (κ3) is 10.0. The minimum Gasteiger partial charge on any atom is -0.785 e. The second-order valence-corrected chi connectivity index (χ2v) is 11.5. The zero-order chi connectivity index (χ0) is 33.2. The average Bonchev–Trinajstić information content (AvgIpc) is 3.07. The van der Waals surface area contributed by atoms with Crippen LogP contribution < -0.4 is 10.1 Å². The van der Waals surface area contributed by atoms with Gasteiger partial charge in [-0.25, -0.2) is 0 Å². The number of hydrogen-bond acceptors (Lipinski definition) is 5. The maximum atomic E-state index is 12.9. The highest BCUT2D eigenvalue weighted by molar-refractivity contribution is 5.94. The molecule has 1 aliphatic rings. The lowest BCUT2D eigenvalue weighted by Crippen LogP contribution is -2.40. The van der Waals surface area contributed by atoms with E-state index < -0.39 is 11.7 Å². The summed E-state index contributed by atoms with van der Waals surface area (Å²) in [5, 5.41) is 16.6. The molecule has 10 heteroatoms. The van der Waals surface area contributed by atoms with E-state index in [9.17, 15) is 28.0 Å². The number of ether oxygens (including phenoxy) is 1. The van der Waals surface area contributed by atoms with Gasteiger partial charge in [0.1, 0.15) is 11.5 Å². The minimum atomic E-state index is -4.44. The maximum absolute atomic E-state index is 12.9. The number of hydroxylamine groups is 2. The average molecular weight is 643 g/mol. The molecule has 1 heterocycles. The SMILES string of the molecule is O=C(NCc1ccc(Oc2ccccc2)cc1)c1ccc(CN([O-])CC2CCN(C(=O)/C=C/c3cccc(C(F)(F)F)c3)CC2)cc1. The first kappa shape index (κ1) is 33.4. The summed E-state index contributed by atoms with van der Waals surface area (Å²) in [4.78, 5) is 26.9. The Balaban J connectivity index is 1.01. The highest BCUT2D eigenvalue weighted by atomic mass is 19.4. The molecule has 4 aromatic carbocycles. The van der Waals surface area contributed by atoms with Crippen molar-refractivity contribution in [3.63, 3.8) is 0 Å². The minimum absolute atomic E-state index is 0.119. The summed E-state index contributed by atoms with van der Waals surface area (Å²) < 4.78 is 44.6. The molecule has 1 aliphatic heterocycles. The summed E-state index contributed by atoms with van der Waals surface area (Å²) in [6.45, 7) is 1.80. The summed E-state index contributed by atoms with van der Waals surface area (Å²) >= 11 is 0. The third-order valence-corrected chi connectivity index (χ3v) is 7.95. The number of halogens is 3.